The maximum atomic E-state index is 13.9. The SMILES string of the molecule is CCOC(=O)C1=C(C)N=c2s/c(=C\c3ccc(OCc4ccccc4)cc3)c(=O)n2[C@@H]1c1ccccc1OCC. The Balaban J connectivity index is 1.54. The molecule has 0 saturated carbocycles. The summed E-state index contributed by atoms with van der Waals surface area (Å²) in [6.07, 6.45) is 1.83. The summed E-state index contributed by atoms with van der Waals surface area (Å²) in [4.78, 5) is 32.2. The zero-order valence-electron chi connectivity index (χ0n) is 22.6. The van der Waals surface area contributed by atoms with Gasteiger partial charge in [-0.3, -0.25) is 9.36 Å². The highest BCUT2D eigenvalue weighted by atomic mass is 32.1. The van der Waals surface area contributed by atoms with E-state index in [0.29, 0.717) is 45.1 Å². The second-order valence-corrected chi connectivity index (χ2v) is 10.1. The van der Waals surface area contributed by atoms with Crippen LogP contribution in [0.5, 0.6) is 11.5 Å². The predicted molar refractivity (Wildman–Crippen MR) is 155 cm³/mol. The molecule has 1 aliphatic heterocycles. The molecule has 1 atom stereocenters. The molecule has 0 unspecified atom stereocenters. The number of para-hydroxylation sites is 1. The van der Waals surface area contributed by atoms with Gasteiger partial charge in [-0.15, -0.1) is 0 Å². The quantitative estimate of drug-likeness (QED) is 0.279. The lowest BCUT2D eigenvalue weighted by Crippen LogP contribution is -2.40. The average molecular weight is 555 g/mol. The van der Waals surface area contributed by atoms with E-state index in [1.54, 1.807) is 18.4 Å². The fourth-order valence-electron chi connectivity index (χ4n) is 4.63. The van der Waals surface area contributed by atoms with E-state index in [2.05, 4.69) is 4.99 Å². The normalized spacial score (nSPS) is 14.9. The number of fused-ring (bicyclic) bond motifs is 1. The molecular formula is C32H30N2O5S. The number of hydrogen-bond acceptors (Lipinski definition) is 7. The lowest BCUT2D eigenvalue weighted by molar-refractivity contribution is -0.139. The van der Waals surface area contributed by atoms with Crippen LogP contribution < -0.4 is 24.4 Å². The number of carbonyl (C=O) groups is 1. The standard InChI is InChI=1S/C32H30N2O5S/c1-4-37-26-14-10-9-13-25(26)29-28(31(36)38-5-2)21(3)33-32-34(29)30(35)27(40-32)19-22-15-17-24(18-16-22)39-20-23-11-7-6-8-12-23/h6-19,29H,4-5,20H2,1-3H3/b27-19-/t29-/m1/s1. The van der Waals surface area contributed by atoms with Crippen molar-refractivity contribution in [2.45, 2.75) is 33.4 Å². The molecule has 0 N–H and O–H groups in total. The van der Waals surface area contributed by atoms with Crippen LogP contribution in [0.15, 0.2) is 99.9 Å². The summed E-state index contributed by atoms with van der Waals surface area (Å²) in [5.41, 5.74) is 3.25. The Hall–Kier alpha value is -4.43. The van der Waals surface area contributed by atoms with Crippen LogP contribution in [-0.2, 0) is 16.1 Å². The largest absolute Gasteiger partial charge is 0.494 e. The van der Waals surface area contributed by atoms with Gasteiger partial charge in [0.25, 0.3) is 5.56 Å². The van der Waals surface area contributed by atoms with Crippen LogP contribution in [0, 0.1) is 0 Å². The average Bonchev–Trinajstić information content (AvgIpc) is 3.27. The predicted octanol–water partition coefficient (Wildman–Crippen LogP) is 4.78. The van der Waals surface area contributed by atoms with E-state index in [0.717, 1.165) is 16.9 Å². The first-order valence-electron chi connectivity index (χ1n) is 13.2. The van der Waals surface area contributed by atoms with Crippen LogP contribution in [0.25, 0.3) is 6.08 Å². The van der Waals surface area contributed by atoms with Gasteiger partial charge in [-0.05, 0) is 56.2 Å². The molecule has 2 heterocycles. The van der Waals surface area contributed by atoms with Crippen molar-refractivity contribution >= 4 is 23.4 Å². The molecule has 3 aromatic carbocycles. The fourth-order valence-corrected chi connectivity index (χ4v) is 5.68. The molecule has 0 spiro atoms. The second-order valence-electron chi connectivity index (χ2n) is 9.12. The minimum Gasteiger partial charge on any atom is -0.494 e. The molecule has 0 saturated heterocycles. The first-order chi connectivity index (χ1) is 19.5. The van der Waals surface area contributed by atoms with Gasteiger partial charge in [0.15, 0.2) is 4.80 Å². The molecule has 7 nitrogen and oxygen atoms in total. The van der Waals surface area contributed by atoms with Gasteiger partial charge in [-0.2, -0.15) is 0 Å². The second kappa shape index (κ2) is 12.2. The Labute approximate surface area is 236 Å². The molecule has 40 heavy (non-hydrogen) atoms. The lowest BCUT2D eigenvalue weighted by Gasteiger charge is -2.26. The van der Waals surface area contributed by atoms with Crippen molar-refractivity contribution in [1.29, 1.82) is 0 Å². The molecule has 5 rings (SSSR count). The molecule has 0 radical (unpaired) electrons. The third-order valence-corrected chi connectivity index (χ3v) is 7.44. The minimum absolute atomic E-state index is 0.213. The van der Waals surface area contributed by atoms with E-state index in [-0.39, 0.29) is 12.2 Å². The Kier molecular flexibility index (Phi) is 8.26. The molecular weight excluding hydrogens is 524 g/mol. The van der Waals surface area contributed by atoms with Gasteiger partial charge in [-0.1, -0.05) is 72.0 Å². The number of aromatic nitrogens is 1. The van der Waals surface area contributed by atoms with Gasteiger partial charge in [-0.25, -0.2) is 9.79 Å². The number of carbonyl (C=O) groups excluding carboxylic acids is 1. The third-order valence-electron chi connectivity index (χ3n) is 6.46. The Morgan fingerprint density at radius 2 is 1.68 bits per heavy atom. The highest BCUT2D eigenvalue weighted by Gasteiger charge is 2.35. The van der Waals surface area contributed by atoms with E-state index in [1.807, 2.05) is 91.9 Å². The first kappa shape index (κ1) is 27.1. The van der Waals surface area contributed by atoms with Gasteiger partial charge < -0.3 is 14.2 Å². The molecule has 0 fully saturated rings. The number of esters is 1. The first-order valence-corrected chi connectivity index (χ1v) is 14.0. The molecule has 8 heteroatoms. The highest BCUT2D eigenvalue weighted by Crippen LogP contribution is 2.35. The van der Waals surface area contributed by atoms with Crippen molar-refractivity contribution in [3.05, 3.63) is 127 Å². The summed E-state index contributed by atoms with van der Waals surface area (Å²) in [5.74, 6) is 0.845. The molecule has 0 aliphatic carbocycles. The molecule has 1 aliphatic rings. The maximum absolute atomic E-state index is 13.9. The van der Waals surface area contributed by atoms with Crippen molar-refractivity contribution in [3.8, 4) is 11.5 Å². The molecule has 1 aromatic heterocycles. The zero-order valence-corrected chi connectivity index (χ0v) is 23.4. The fraction of sp³-hybridized carbons (Fsp3) is 0.219. The third kappa shape index (κ3) is 5.62. The summed E-state index contributed by atoms with van der Waals surface area (Å²) in [6, 6.07) is 24.3. The van der Waals surface area contributed by atoms with Crippen LogP contribution in [0.4, 0.5) is 0 Å². The summed E-state index contributed by atoms with van der Waals surface area (Å²) in [7, 11) is 0. The molecule has 204 valence electrons. The Morgan fingerprint density at radius 3 is 2.40 bits per heavy atom. The van der Waals surface area contributed by atoms with Crippen LogP contribution in [0.1, 0.15) is 43.5 Å². The van der Waals surface area contributed by atoms with E-state index in [4.69, 9.17) is 14.2 Å². The highest BCUT2D eigenvalue weighted by molar-refractivity contribution is 7.07. The van der Waals surface area contributed by atoms with Crippen molar-refractivity contribution in [1.82, 2.24) is 4.57 Å². The van der Waals surface area contributed by atoms with Crippen LogP contribution in [0.3, 0.4) is 0 Å². The van der Waals surface area contributed by atoms with E-state index < -0.39 is 12.0 Å². The summed E-state index contributed by atoms with van der Waals surface area (Å²) in [5, 5.41) is 0. The van der Waals surface area contributed by atoms with Crippen LogP contribution in [0.2, 0.25) is 0 Å². The van der Waals surface area contributed by atoms with Crippen molar-refractivity contribution in [3.63, 3.8) is 0 Å². The number of thiazole rings is 1. The van der Waals surface area contributed by atoms with Crippen LogP contribution in [-0.4, -0.2) is 23.8 Å². The smallest absolute Gasteiger partial charge is 0.338 e. The van der Waals surface area contributed by atoms with Crippen molar-refractivity contribution in [2.24, 2.45) is 4.99 Å². The van der Waals surface area contributed by atoms with Gasteiger partial charge >= 0.3 is 5.97 Å². The summed E-state index contributed by atoms with van der Waals surface area (Å²) in [6.45, 7) is 6.56. The van der Waals surface area contributed by atoms with Crippen molar-refractivity contribution < 1.29 is 19.0 Å². The number of allylic oxidation sites excluding steroid dienone is 1. The lowest BCUT2D eigenvalue weighted by atomic mass is 9.95. The van der Waals surface area contributed by atoms with Gasteiger partial charge in [0.1, 0.15) is 24.1 Å². The van der Waals surface area contributed by atoms with E-state index in [1.165, 1.54) is 11.3 Å². The summed E-state index contributed by atoms with van der Waals surface area (Å²) >= 11 is 1.29. The maximum Gasteiger partial charge on any atom is 0.338 e. The monoisotopic (exact) mass is 554 g/mol. The summed E-state index contributed by atoms with van der Waals surface area (Å²) < 4.78 is 19.3. The number of rotatable bonds is 9. The van der Waals surface area contributed by atoms with Crippen molar-refractivity contribution in [2.75, 3.05) is 13.2 Å². The zero-order chi connectivity index (χ0) is 28.1. The Morgan fingerprint density at radius 1 is 0.950 bits per heavy atom. The Bertz CT molecular complexity index is 1720. The number of benzene rings is 3. The topological polar surface area (TPSA) is 79.1 Å². The van der Waals surface area contributed by atoms with Crippen LogP contribution >= 0.6 is 11.3 Å². The molecule has 0 bridgehead atoms. The van der Waals surface area contributed by atoms with Gasteiger partial charge in [0.2, 0.25) is 0 Å². The van der Waals surface area contributed by atoms with Gasteiger partial charge in [0.05, 0.1) is 29.0 Å². The number of hydrogen-bond donors (Lipinski definition) is 0. The minimum atomic E-state index is -0.728. The van der Waals surface area contributed by atoms with E-state index in [9.17, 15) is 9.59 Å². The molecule has 4 aromatic rings. The number of ether oxygens (including phenoxy) is 3. The van der Waals surface area contributed by atoms with E-state index >= 15 is 0 Å². The van der Waals surface area contributed by atoms with Gasteiger partial charge in [0, 0.05) is 5.56 Å². The molecule has 0 amide bonds. The number of nitrogens with zero attached hydrogens (tertiary/aromatic N) is 2.